The highest BCUT2D eigenvalue weighted by Crippen LogP contribution is 2.35. The number of alkyl halides is 8. The summed E-state index contributed by atoms with van der Waals surface area (Å²) in [5.41, 5.74) is 3.62. The average molecular weight is 584 g/mol. The van der Waals surface area contributed by atoms with Gasteiger partial charge in [-0.05, 0) is 31.5 Å². The van der Waals surface area contributed by atoms with E-state index in [9.17, 15) is 39.9 Å². The van der Waals surface area contributed by atoms with Gasteiger partial charge in [-0.2, -0.15) is 31.4 Å². The van der Waals surface area contributed by atoms with E-state index in [0.717, 1.165) is 29.0 Å². The number of rotatable bonds is 10. The van der Waals surface area contributed by atoms with Crippen LogP contribution in [0, 0.1) is 0 Å². The Labute approximate surface area is 224 Å². The first kappa shape index (κ1) is 31.1. The van der Waals surface area contributed by atoms with Crippen molar-refractivity contribution in [1.29, 1.82) is 0 Å². The molecule has 5 N–H and O–H groups in total. The normalized spacial score (nSPS) is 17.6. The Morgan fingerprint density at radius 2 is 1.88 bits per heavy atom. The zero-order chi connectivity index (χ0) is 29.7. The number of nitrogens with zero attached hydrogens (tertiary/aromatic N) is 4. The Kier molecular flexibility index (Phi) is 9.64. The van der Waals surface area contributed by atoms with Crippen molar-refractivity contribution >= 4 is 11.7 Å². The molecule has 40 heavy (non-hydrogen) atoms. The van der Waals surface area contributed by atoms with Crippen LogP contribution in [-0.2, 0) is 12.6 Å². The third kappa shape index (κ3) is 8.79. The van der Waals surface area contributed by atoms with Crippen LogP contribution in [-0.4, -0.2) is 64.0 Å². The topological polar surface area (TPSA) is 115 Å². The molecule has 1 fully saturated rings. The number of halogens is 8. The lowest BCUT2D eigenvalue weighted by atomic mass is 10.0. The monoisotopic (exact) mass is 583 g/mol. The van der Waals surface area contributed by atoms with E-state index in [-0.39, 0.29) is 38.1 Å². The molecule has 16 heteroatoms. The molecule has 1 saturated heterocycles. The fourth-order valence-electron chi connectivity index (χ4n) is 4.46. The van der Waals surface area contributed by atoms with Crippen LogP contribution in [0.2, 0.25) is 0 Å². The minimum absolute atomic E-state index is 0.0650. The molecule has 3 rings (SSSR count). The molecule has 1 amide bonds. The fourth-order valence-corrected chi connectivity index (χ4v) is 4.46. The number of piperidine rings is 1. The first-order chi connectivity index (χ1) is 18.6. The first-order valence-electron chi connectivity index (χ1n) is 12.3. The smallest absolute Gasteiger partial charge is 0.386 e. The van der Waals surface area contributed by atoms with Gasteiger partial charge in [-0.25, -0.2) is 13.8 Å². The summed E-state index contributed by atoms with van der Waals surface area (Å²) in [5, 5.41) is 5.92. The molecule has 1 atom stereocenters. The second-order valence-corrected chi connectivity index (χ2v) is 9.56. The quantitative estimate of drug-likeness (QED) is 0.127. The van der Waals surface area contributed by atoms with Crippen molar-refractivity contribution in [2.24, 2.45) is 16.7 Å². The number of benzene rings is 1. The second-order valence-electron chi connectivity index (χ2n) is 9.56. The minimum atomic E-state index is -4.83. The summed E-state index contributed by atoms with van der Waals surface area (Å²) in [5.74, 6) is 0.957. The van der Waals surface area contributed by atoms with E-state index in [1.54, 1.807) is 0 Å². The number of aryl methyl sites for hydroxylation is 1. The van der Waals surface area contributed by atoms with Crippen LogP contribution < -0.4 is 16.9 Å². The number of hydrogen-bond acceptors (Lipinski definition) is 5. The Balaban J connectivity index is 1.87. The van der Waals surface area contributed by atoms with Gasteiger partial charge in [-0.3, -0.25) is 9.69 Å². The second kappa shape index (κ2) is 12.4. The third-order valence-electron chi connectivity index (χ3n) is 6.33. The van der Waals surface area contributed by atoms with Crippen molar-refractivity contribution in [3.8, 4) is 5.69 Å². The van der Waals surface area contributed by atoms with Gasteiger partial charge in [0.25, 0.3) is 11.8 Å². The zero-order valence-electron chi connectivity index (χ0n) is 21.2. The molecule has 0 radical (unpaired) electrons. The number of amides is 1. The Bertz CT molecular complexity index is 1190. The molecule has 0 saturated carbocycles. The van der Waals surface area contributed by atoms with Crippen LogP contribution in [0.4, 0.5) is 35.1 Å². The van der Waals surface area contributed by atoms with Crippen molar-refractivity contribution in [2.45, 2.75) is 62.8 Å². The highest BCUT2D eigenvalue weighted by Gasteiger charge is 2.36. The van der Waals surface area contributed by atoms with E-state index >= 15 is 0 Å². The molecule has 222 valence electrons. The molecule has 0 bridgehead atoms. The maximum absolute atomic E-state index is 13.8. The van der Waals surface area contributed by atoms with Crippen LogP contribution >= 0.6 is 0 Å². The van der Waals surface area contributed by atoms with E-state index in [4.69, 9.17) is 11.6 Å². The highest BCUT2D eigenvalue weighted by molar-refractivity contribution is 5.93. The number of nitrogens with two attached hydrogens (primary N) is 2. The minimum Gasteiger partial charge on any atom is -0.386 e. The van der Waals surface area contributed by atoms with Crippen LogP contribution in [0.15, 0.2) is 35.6 Å². The van der Waals surface area contributed by atoms with E-state index in [2.05, 4.69) is 15.4 Å². The van der Waals surface area contributed by atoms with Gasteiger partial charge in [-0.15, -0.1) is 0 Å². The van der Waals surface area contributed by atoms with Crippen LogP contribution in [0.1, 0.15) is 54.0 Å². The van der Waals surface area contributed by atoms with E-state index < -0.39 is 72.4 Å². The Morgan fingerprint density at radius 3 is 2.50 bits per heavy atom. The number of hydrogen-bond donors (Lipinski definition) is 3. The summed E-state index contributed by atoms with van der Waals surface area (Å²) in [6, 6.07) is 3.42. The molecule has 8 nitrogen and oxygen atoms in total. The van der Waals surface area contributed by atoms with E-state index in [0.29, 0.717) is 6.54 Å². The number of carbonyl (C=O) groups is 1. The summed E-state index contributed by atoms with van der Waals surface area (Å²) in [6.45, 7) is 0.116. The van der Waals surface area contributed by atoms with Crippen molar-refractivity contribution < 1.29 is 39.9 Å². The predicted molar refractivity (Wildman–Crippen MR) is 130 cm³/mol. The van der Waals surface area contributed by atoms with Gasteiger partial charge in [0.2, 0.25) is 0 Å². The van der Waals surface area contributed by atoms with Gasteiger partial charge in [0.1, 0.15) is 17.4 Å². The molecule has 0 unspecified atom stereocenters. The number of para-hydroxylation sites is 1. The van der Waals surface area contributed by atoms with Gasteiger partial charge in [0.05, 0.1) is 24.2 Å². The molecule has 1 aromatic carbocycles. The van der Waals surface area contributed by atoms with Crippen LogP contribution in [0.5, 0.6) is 0 Å². The summed E-state index contributed by atoms with van der Waals surface area (Å²) in [6.07, 6.45) is -10.6. The summed E-state index contributed by atoms with van der Waals surface area (Å²) in [4.78, 5) is 18.5. The SMILES string of the molecule is N/N=C(\N)C[C@H](CCN1CCCC(F)(F)C1)NC(=O)c1cn(-c2ccccc2C(F)(F)F)c(CCC(F)(F)F)n1. The molecule has 1 aliphatic rings. The largest absolute Gasteiger partial charge is 0.418 e. The first-order valence-corrected chi connectivity index (χ1v) is 12.3. The summed E-state index contributed by atoms with van der Waals surface area (Å²) in [7, 11) is 0. The van der Waals surface area contributed by atoms with Crippen molar-refractivity contribution in [1.82, 2.24) is 19.8 Å². The lowest BCUT2D eigenvalue weighted by molar-refractivity contribution is -0.138. The molecule has 2 aromatic rings. The summed E-state index contributed by atoms with van der Waals surface area (Å²) < 4.78 is 108. The molecule has 1 aliphatic heterocycles. The maximum atomic E-state index is 13.8. The van der Waals surface area contributed by atoms with Crippen LogP contribution in [0.25, 0.3) is 5.69 Å². The lowest BCUT2D eigenvalue weighted by Crippen LogP contribution is -2.45. The van der Waals surface area contributed by atoms with E-state index in [1.165, 1.54) is 11.0 Å². The van der Waals surface area contributed by atoms with Gasteiger partial charge in [0.15, 0.2) is 0 Å². The van der Waals surface area contributed by atoms with Gasteiger partial charge < -0.3 is 21.5 Å². The van der Waals surface area contributed by atoms with Gasteiger partial charge >= 0.3 is 12.4 Å². The number of aromatic nitrogens is 2. The molecule has 0 aliphatic carbocycles. The number of imidazole rings is 1. The molecule has 0 spiro atoms. The predicted octanol–water partition coefficient (Wildman–Crippen LogP) is 4.23. The van der Waals surface area contributed by atoms with Crippen molar-refractivity contribution in [3.05, 3.63) is 47.5 Å². The molecular weight excluding hydrogens is 554 g/mol. The fraction of sp³-hybridized carbons (Fsp3) is 0.542. The Hall–Kier alpha value is -3.43. The molecule has 1 aromatic heterocycles. The number of carbonyl (C=O) groups excluding carboxylic acids is 1. The molecule has 2 heterocycles. The van der Waals surface area contributed by atoms with Crippen molar-refractivity contribution in [2.75, 3.05) is 19.6 Å². The zero-order valence-corrected chi connectivity index (χ0v) is 21.2. The number of likely N-dealkylation sites (tertiary alicyclic amines) is 1. The number of amidine groups is 1. The van der Waals surface area contributed by atoms with E-state index in [1.807, 2.05) is 0 Å². The standard InChI is InChI=1S/C24H29F8N7O/c25-22(26)8-3-10-38(14-22)11-7-15(12-19(33)37-34)35-21(40)17-13-39(20(36-17)6-9-23(27,28)29)18-5-2-1-4-16(18)24(30,31)32/h1-2,4-5,13,15H,3,6-12,14,34H2,(H2,33,37)(H,35,40)/t15-/m0/s1. The van der Waals surface area contributed by atoms with Crippen molar-refractivity contribution in [3.63, 3.8) is 0 Å². The lowest BCUT2D eigenvalue weighted by Gasteiger charge is -2.33. The highest BCUT2D eigenvalue weighted by atomic mass is 19.4. The maximum Gasteiger partial charge on any atom is 0.418 e. The average Bonchev–Trinajstić information content (AvgIpc) is 3.29. The number of nitrogens with one attached hydrogen (secondary N) is 1. The Morgan fingerprint density at radius 1 is 1.18 bits per heavy atom. The third-order valence-corrected chi connectivity index (χ3v) is 6.33. The summed E-state index contributed by atoms with van der Waals surface area (Å²) >= 11 is 0. The number of hydrazone groups is 1. The van der Waals surface area contributed by atoms with Gasteiger partial charge in [-0.1, -0.05) is 12.1 Å². The van der Waals surface area contributed by atoms with Crippen LogP contribution in [0.3, 0.4) is 0 Å². The molecular formula is C24H29F8N7O. The van der Waals surface area contributed by atoms with Gasteiger partial charge in [0, 0.05) is 38.0 Å².